The van der Waals surface area contributed by atoms with Crippen molar-refractivity contribution < 1.29 is 0 Å². The molecule has 2 nitrogen and oxygen atoms in total. The van der Waals surface area contributed by atoms with Crippen LogP contribution in [0.25, 0.3) is 0 Å². The molecule has 0 amide bonds. The molecule has 2 N–H and O–H groups in total. The normalized spacial score (nSPS) is 20.5. The van der Waals surface area contributed by atoms with Crippen LogP contribution in [0, 0.1) is 18.3 Å². The quantitative estimate of drug-likeness (QED) is 0.844. The maximum atomic E-state index is 9.44. The topological polar surface area (TPSA) is 49.8 Å². The third kappa shape index (κ3) is 2.50. The molecule has 1 unspecified atom stereocenters. The number of hydrogen-bond donors (Lipinski definition) is 1. The van der Waals surface area contributed by atoms with Crippen LogP contribution in [0.2, 0.25) is 0 Å². The van der Waals surface area contributed by atoms with Crippen LogP contribution in [0.4, 0.5) is 0 Å². The number of hydrogen-bond acceptors (Lipinski definition) is 2. The van der Waals surface area contributed by atoms with E-state index in [2.05, 4.69) is 25.1 Å². The van der Waals surface area contributed by atoms with E-state index >= 15 is 0 Å². The van der Waals surface area contributed by atoms with Gasteiger partial charge < -0.3 is 5.73 Å². The number of nitriles is 1. The van der Waals surface area contributed by atoms with Crippen LogP contribution in [0.15, 0.2) is 24.3 Å². The minimum Gasteiger partial charge on any atom is -0.324 e. The van der Waals surface area contributed by atoms with E-state index in [1.54, 1.807) is 0 Å². The molecule has 0 heterocycles. The lowest BCUT2D eigenvalue weighted by molar-refractivity contribution is 0.274. The molecule has 0 aromatic heterocycles. The zero-order valence-electron chi connectivity index (χ0n) is 10.4. The van der Waals surface area contributed by atoms with Crippen molar-refractivity contribution in [2.45, 2.75) is 50.5 Å². The molecule has 1 aliphatic carbocycles. The summed E-state index contributed by atoms with van der Waals surface area (Å²) in [7, 11) is 0. The van der Waals surface area contributed by atoms with E-state index in [0.717, 1.165) is 31.2 Å². The van der Waals surface area contributed by atoms with Gasteiger partial charge in [-0.05, 0) is 25.3 Å². The predicted octanol–water partition coefficient (Wildman–Crippen LogP) is 3.26. The van der Waals surface area contributed by atoms with Crippen molar-refractivity contribution in [3.63, 3.8) is 0 Å². The third-order valence-corrected chi connectivity index (χ3v) is 3.90. The summed E-state index contributed by atoms with van der Waals surface area (Å²) >= 11 is 0. The first-order valence-electron chi connectivity index (χ1n) is 6.41. The molecule has 1 aliphatic rings. The van der Waals surface area contributed by atoms with Crippen LogP contribution in [-0.2, 0) is 0 Å². The number of nitrogens with two attached hydrogens (primary N) is 1. The Labute approximate surface area is 103 Å². The predicted molar refractivity (Wildman–Crippen MR) is 69.5 cm³/mol. The van der Waals surface area contributed by atoms with Gasteiger partial charge in [-0.3, -0.25) is 0 Å². The van der Waals surface area contributed by atoms with E-state index in [1.165, 1.54) is 12.0 Å². The maximum absolute atomic E-state index is 9.44. The summed E-state index contributed by atoms with van der Waals surface area (Å²) in [6.45, 7) is 2.06. The van der Waals surface area contributed by atoms with Gasteiger partial charge in [-0.2, -0.15) is 5.26 Å². The molecule has 1 atom stereocenters. The summed E-state index contributed by atoms with van der Waals surface area (Å²) in [5.41, 5.74) is 8.44. The summed E-state index contributed by atoms with van der Waals surface area (Å²) in [4.78, 5) is 0. The Morgan fingerprint density at radius 1 is 1.18 bits per heavy atom. The highest BCUT2D eigenvalue weighted by Gasteiger charge is 2.37. The van der Waals surface area contributed by atoms with Crippen molar-refractivity contribution in [3.05, 3.63) is 35.4 Å². The molecule has 0 saturated heterocycles. The highest BCUT2D eigenvalue weighted by Crippen LogP contribution is 2.37. The second-order valence-corrected chi connectivity index (χ2v) is 5.27. The Balaban J connectivity index is 2.27. The van der Waals surface area contributed by atoms with E-state index in [0.29, 0.717) is 0 Å². The summed E-state index contributed by atoms with van der Waals surface area (Å²) < 4.78 is 0. The zero-order valence-corrected chi connectivity index (χ0v) is 10.4. The Hall–Kier alpha value is -1.33. The van der Waals surface area contributed by atoms with Crippen LogP contribution >= 0.6 is 0 Å². The highest BCUT2D eigenvalue weighted by molar-refractivity contribution is 5.32. The Kier molecular flexibility index (Phi) is 3.49. The summed E-state index contributed by atoms with van der Waals surface area (Å²) in [5.74, 6) is -0.164. The van der Waals surface area contributed by atoms with E-state index < -0.39 is 0 Å². The van der Waals surface area contributed by atoms with Crippen molar-refractivity contribution in [2.75, 3.05) is 0 Å². The molecular formula is C15H20N2. The average molecular weight is 228 g/mol. The van der Waals surface area contributed by atoms with Gasteiger partial charge in [0.2, 0.25) is 0 Å². The lowest BCUT2D eigenvalue weighted by Crippen LogP contribution is -2.46. The van der Waals surface area contributed by atoms with Gasteiger partial charge in [0.05, 0.1) is 12.0 Å². The first-order chi connectivity index (χ1) is 8.15. The van der Waals surface area contributed by atoms with E-state index in [9.17, 15) is 5.26 Å². The molecule has 90 valence electrons. The minimum atomic E-state index is -0.317. The molecular weight excluding hydrogens is 208 g/mol. The molecule has 17 heavy (non-hydrogen) atoms. The first-order valence-corrected chi connectivity index (χ1v) is 6.41. The van der Waals surface area contributed by atoms with Gasteiger partial charge in [0.15, 0.2) is 0 Å². The number of aryl methyl sites for hydroxylation is 1. The van der Waals surface area contributed by atoms with E-state index in [4.69, 9.17) is 5.73 Å². The summed E-state index contributed by atoms with van der Waals surface area (Å²) in [6.07, 6.45) is 5.50. The smallest absolute Gasteiger partial charge is 0.0892 e. The maximum Gasteiger partial charge on any atom is 0.0892 e. The monoisotopic (exact) mass is 228 g/mol. The molecule has 0 radical (unpaired) electrons. The second-order valence-electron chi connectivity index (χ2n) is 5.27. The fourth-order valence-corrected chi connectivity index (χ4v) is 2.79. The van der Waals surface area contributed by atoms with E-state index in [-0.39, 0.29) is 11.5 Å². The molecule has 2 rings (SSSR count). The average Bonchev–Trinajstić information content (AvgIpc) is 2.33. The lowest BCUT2D eigenvalue weighted by Gasteiger charge is -2.37. The van der Waals surface area contributed by atoms with Gasteiger partial charge in [0.1, 0.15) is 0 Å². The molecule has 0 aliphatic heterocycles. The molecule has 1 aromatic rings. The minimum absolute atomic E-state index is 0.164. The summed E-state index contributed by atoms with van der Waals surface area (Å²) in [6, 6.07) is 10.6. The van der Waals surface area contributed by atoms with Crippen molar-refractivity contribution in [1.29, 1.82) is 5.26 Å². The molecule has 0 bridgehead atoms. The van der Waals surface area contributed by atoms with Crippen molar-refractivity contribution in [1.82, 2.24) is 0 Å². The van der Waals surface area contributed by atoms with Gasteiger partial charge in [-0.1, -0.05) is 49.1 Å². The largest absolute Gasteiger partial charge is 0.324 e. The Bertz CT molecular complexity index is 408. The van der Waals surface area contributed by atoms with Crippen LogP contribution in [0.3, 0.4) is 0 Å². The van der Waals surface area contributed by atoms with Crippen LogP contribution in [0.5, 0.6) is 0 Å². The zero-order chi connectivity index (χ0) is 12.3. The van der Waals surface area contributed by atoms with E-state index in [1.807, 2.05) is 12.1 Å². The van der Waals surface area contributed by atoms with Crippen LogP contribution in [-0.4, -0.2) is 5.54 Å². The van der Waals surface area contributed by atoms with Crippen molar-refractivity contribution in [2.24, 2.45) is 5.73 Å². The lowest BCUT2D eigenvalue weighted by atomic mass is 9.71. The van der Waals surface area contributed by atoms with Gasteiger partial charge in [0.25, 0.3) is 0 Å². The van der Waals surface area contributed by atoms with Gasteiger partial charge in [-0.15, -0.1) is 0 Å². The van der Waals surface area contributed by atoms with Crippen LogP contribution < -0.4 is 5.73 Å². The van der Waals surface area contributed by atoms with Crippen molar-refractivity contribution in [3.8, 4) is 6.07 Å². The molecule has 2 heteroatoms. The molecule has 0 spiro atoms. The van der Waals surface area contributed by atoms with Crippen LogP contribution in [0.1, 0.15) is 49.1 Å². The fraction of sp³-hybridized carbons (Fsp3) is 0.533. The number of nitrogens with zero attached hydrogens (tertiary/aromatic N) is 1. The molecule has 1 saturated carbocycles. The SMILES string of the molecule is Cc1ccc(C(C#N)C2(N)CCCCC2)cc1. The third-order valence-electron chi connectivity index (χ3n) is 3.90. The van der Waals surface area contributed by atoms with Gasteiger partial charge in [-0.25, -0.2) is 0 Å². The van der Waals surface area contributed by atoms with Gasteiger partial charge >= 0.3 is 0 Å². The summed E-state index contributed by atoms with van der Waals surface area (Å²) in [5, 5.41) is 9.44. The van der Waals surface area contributed by atoms with Gasteiger partial charge in [0, 0.05) is 5.54 Å². The first kappa shape index (κ1) is 12.1. The number of rotatable bonds is 2. The fourth-order valence-electron chi connectivity index (χ4n) is 2.79. The molecule has 1 aromatic carbocycles. The highest BCUT2D eigenvalue weighted by atomic mass is 14.8. The molecule has 1 fully saturated rings. The second kappa shape index (κ2) is 4.89. The van der Waals surface area contributed by atoms with Crippen molar-refractivity contribution >= 4 is 0 Å². The standard InChI is InChI=1S/C15H20N2/c1-12-5-7-13(8-6-12)14(11-16)15(17)9-3-2-4-10-15/h5-8,14H,2-4,9-10,17H2,1H3. The Morgan fingerprint density at radius 3 is 2.29 bits per heavy atom. The number of benzene rings is 1. The Morgan fingerprint density at radius 2 is 1.76 bits per heavy atom.